The monoisotopic (exact) mass is 265 g/mol. The molecule has 108 valence electrons. The van der Waals surface area contributed by atoms with Crippen LogP contribution in [0.25, 0.3) is 0 Å². The van der Waals surface area contributed by atoms with Crippen molar-refractivity contribution in [2.75, 3.05) is 13.1 Å². The normalized spacial score (nSPS) is 20.8. The highest BCUT2D eigenvalue weighted by atomic mass is 16.6. The van der Waals surface area contributed by atoms with Gasteiger partial charge in [-0.15, -0.1) is 0 Å². The van der Waals surface area contributed by atoms with Crippen molar-refractivity contribution in [3.63, 3.8) is 0 Å². The Morgan fingerprint density at radius 2 is 1.89 bits per heavy atom. The molecule has 0 radical (unpaired) electrons. The summed E-state index contributed by atoms with van der Waals surface area (Å²) in [5.41, 5.74) is -0.399. The van der Waals surface area contributed by atoms with Crippen molar-refractivity contribution < 1.29 is 9.53 Å². The Labute approximate surface area is 117 Å². The van der Waals surface area contributed by atoms with Crippen LogP contribution in [0.1, 0.15) is 54.4 Å². The average molecular weight is 265 g/mol. The van der Waals surface area contributed by atoms with Gasteiger partial charge in [-0.2, -0.15) is 0 Å². The molecule has 1 aliphatic heterocycles. The highest BCUT2D eigenvalue weighted by Crippen LogP contribution is 2.20. The fourth-order valence-corrected chi connectivity index (χ4v) is 2.06. The van der Waals surface area contributed by atoms with E-state index in [2.05, 4.69) is 37.5 Å². The number of nitrogens with zero attached hydrogens (tertiary/aromatic N) is 1. The molecule has 0 aliphatic carbocycles. The van der Waals surface area contributed by atoms with Crippen LogP contribution >= 0.6 is 0 Å². The Kier molecular flexibility index (Phi) is 5.04. The third-order valence-corrected chi connectivity index (χ3v) is 2.79. The van der Waals surface area contributed by atoms with Gasteiger partial charge in [-0.25, -0.2) is 0 Å². The van der Waals surface area contributed by atoms with E-state index in [9.17, 15) is 4.79 Å². The third kappa shape index (κ3) is 6.11. The second-order valence-electron chi connectivity index (χ2n) is 7.21. The second-order valence-corrected chi connectivity index (χ2v) is 7.21. The highest BCUT2D eigenvalue weighted by Gasteiger charge is 2.33. The molecule has 0 aromatic rings. The van der Waals surface area contributed by atoms with Crippen molar-refractivity contribution in [2.45, 2.75) is 66.0 Å². The van der Waals surface area contributed by atoms with Crippen molar-refractivity contribution >= 4 is 5.97 Å². The summed E-state index contributed by atoms with van der Waals surface area (Å²) in [6.07, 6.45) is 1.92. The molecule has 3 heteroatoms. The Morgan fingerprint density at radius 3 is 2.42 bits per heavy atom. The predicted octanol–water partition coefficient (Wildman–Crippen LogP) is 2.84. The quantitative estimate of drug-likeness (QED) is 0.568. The molecule has 1 rings (SSSR count). The van der Waals surface area contributed by atoms with E-state index in [1.54, 1.807) is 0 Å². The van der Waals surface area contributed by atoms with Gasteiger partial charge in [0.2, 0.25) is 0 Å². The van der Waals surface area contributed by atoms with E-state index < -0.39 is 5.60 Å². The molecule has 0 aromatic heterocycles. The summed E-state index contributed by atoms with van der Waals surface area (Å²) in [4.78, 5) is 14.3. The molecule has 0 unspecified atom stereocenters. The lowest BCUT2D eigenvalue weighted by molar-refractivity contribution is -0.160. The van der Waals surface area contributed by atoms with Gasteiger partial charge < -0.3 is 4.74 Å². The van der Waals surface area contributed by atoms with Gasteiger partial charge in [-0.1, -0.05) is 11.8 Å². The van der Waals surface area contributed by atoms with Gasteiger partial charge in [0.1, 0.15) is 11.6 Å². The van der Waals surface area contributed by atoms with E-state index >= 15 is 0 Å². The summed E-state index contributed by atoms with van der Waals surface area (Å²) in [6.45, 7) is 13.6. The average Bonchev–Trinajstić information content (AvgIpc) is 2.61. The lowest BCUT2D eigenvalue weighted by Gasteiger charge is -2.26. The van der Waals surface area contributed by atoms with Crippen LogP contribution in [0.4, 0.5) is 0 Å². The SMILES string of the molecule is CC(C)(C)C#CCN1CCC[C@H]1C(=O)OC(C)(C)C. The van der Waals surface area contributed by atoms with Crippen LogP contribution in [0.3, 0.4) is 0 Å². The molecule has 1 heterocycles. The van der Waals surface area contributed by atoms with Crippen LogP contribution in [0.2, 0.25) is 0 Å². The van der Waals surface area contributed by atoms with Crippen molar-refractivity contribution in [1.29, 1.82) is 0 Å². The van der Waals surface area contributed by atoms with Crippen molar-refractivity contribution in [3.05, 3.63) is 0 Å². The van der Waals surface area contributed by atoms with Gasteiger partial charge in [0.05, 0.1) is 6.54 Å². The van der Waals surface area contributed by atoms with Gasteiger partial charge in [0.15, 0.2) is 0 Å². The first kappa shape index (κ1) is 16.0. The molecule has 0 N–H and O–H groups in total. The first-order valence-electron chi connectivity index (χ1n) is 7.05. The second kappa shape index (κ2) is 5.96. The number of hydrogen-bond donors (Lipinski definition) is 0. The largest absolute Gasteiger partial charge is 0.459 e. The van der Waals surface area contributed by atoms with Gasteiger partial charge in [0, 0.05) is 12.0 Å². The van der Waals surface area contributed by atoms with Gasteiger partial charge in [0.25, 0.3) is 0 Å². The van der Waals surface area contributed by atoms with Gasteiger partial charge in [-0.3, -0.25) is 9.69 Å². The van der Waals surface area contributed by atoms with E-state index in [1.807, 2.05) is 20.8 Å². The number of rotatable bonds is 2. The van der Waals surface area contributed by atoms with Crippen molar-refractivity contribution in [2.24, 2.45) is 5.41 Å². The fourth-order valence-electron chi connectivity index (χ4n) is 2.06. The molecule has 0 bridgehead atoms. The zero-order chi connectivity index (χ0) is 14.7. The smallest absolute Gasteiger partial charge is 0.323 e. The summed E-state index contributed by atoms with van der Waals surface area (Å²) in [7, 11) is 0. The summed E-state index contributed by atoms with van der Waals surface area (Å²) >= 11 is 0. The summed E-state index contributed by atoms with van der Waals surface area (Å²) in [5, 5.41) is 0. The van der Waals surface area contributed by atoms with Crippen LogP contribution in [-0.2, 0) is 9.53 Å². The zero-order valence-corrected chi connectivity index (χ0v) is 13.2. The number of likely N-dealkylation sites (tertiary alicyclic amines) is 1. The van der Waals surface area contributed by atoms with Crippen molar-refractivity contribution in [1.82, 2.24) is 4.90 Å². The number of ether oxygens (including phenoxy) is 1. The summed E-state index contributed by atoms with van der Waals surface area (Å²) < 4.78 is 5.47. The third-order valence-electron chi connectivity index (χ3n) is 2.79. The number of carbonyl (C=O) groups excluding carboxylic acids is 1. The minimum atomic E-state index is -0.414. The van der Waals surface area contributed by atoms with E-state index in [-0.39, 0.29) is 17.4 Å². The van der Waals surface area contributed by atoms with Crippen LogP contribution in [0.5, 0.6) is 0 Å². The minimum absolute atomic E-state index is 0.0150. The molecule has 0 saturated carbocycles. The van der Waals surface area contributed by atoms with Crippen LogP contribution < -0.4 is 0 Å². The molecular weight excluding hydrogens is 238 g/mol. The zero-order valence-electron chi connectivity index (χ0n) is 13.2. The number of carbonyl (C=O) groups is 1. The molecule has 3 nitrogen and oxygen atoms in total. The summed E-state index contributed by atoms with van der Waals surface area (Å²) in [5.74, 6) is 6.29. The van der Waals surface area contributed by atoms with Crippen LogP contribution in [-0.4, -0.2) is 35.6 Å². The number of esters is 1. The predicted molar refractivity (Wildman–Crippen MR) is 77.7 cm³/mol. The molecular formula is C16H27NO2. The fraction of sp³-hybridized carbons (Fsp3) is 0.812. The van der Waals surface area contributed by atoms with Gasteiger partial charge >= 0.3 is 5.97 Å². The van der Waals surface area contributed by atoms with Crippen molar-refractivity contribution in [3.8, 4) is 11.8 Å². The topological polar surface area (TPSA) is 29.5 Å². The van der Waals surface area contributed by atoms with Gasteiger partial charge in [-0.05, 0) is 54.4 Å². The Bertz CT molecular complexity index is 376. The lowest BCUT2D eigenvalue weighted by atomic mass is 9.98. The van der Waals surface area contributed by atoms with Crippen LogP contribution in [0.15, 0.2) is 0 Å². The molecule has 0 spiro atoms. The standard InChI is InChI=1S/C16H27NO2/c1-15(2,3)10-8-12-17-11-7-9-13(17)14(18)19-16(4,5)6/h13H,7,9,11-12H2,1-6H3/t13-/m0/s1. The Hall–Kier alpha value is -1.01. The Morgan fingerprint density at radius 1 is 1.26 bits per heavy atom. The maximum Gasteiger partial charge on any atom is 0.323 e. The molecule has 0 aromatic carbocycles. The minimum Gasteiger partial charge on any atom is -0.459 e. The first-order valence-corrected chi connectivity index (χ1v) is 7.05. The number of hydrogen-bond acceptors (Lipinski definition) is 3. The van der Waals surface area contributed by atoms with E-state index in [4.69, 9.17) is 4.74 Å². The molecule has 1 atom stereocenters. The first-order chi connectivity index (χ1) is 8.58. The highest BCUT2D eigenvalue weighted by molar-refractivity contribution is 5.76. The molecule has 1 aliphatic rings. The van der Waals surface area contributed by atoms with Crippen LogP contribution in [0, 0.1) is 17.3 Å². The maximum absolute atomic E-state index is 12.1. The molecule has 19 heavy (non-hydrogen) atoms. The lowest BCUT2D eigenvalue weighted by Crippen LogP contribution is -2.40. The van der Waals surface area contributed by atoms with E-state index in [1.165, 1.54) is 0 Å². The van der Waals surface area contributed by atoms with E-state index in [0.29, 0.717) is 6.54 Å². The Balaban J connectivity index is 2.59. The summed E-state index contributed by atoms with van der Waals surface area (Å²) in [6, 6.07) is -0.117. The molecule has 1 fully saturated rings. The maximum atomic E-state index is 12.1. The molecule has 1 saturated heterocycles. The van der Waals surface area contributed by atoms with E-state index in [0.717, 1.165) is 19.4 Å². The molecule has 0 amide bonds.